The van der Waals surface area contributed by atoms with Crippen LogP contribution in [0.25, 0.3) is 0 Å². The molecular formula is C10H10ClFN2O4. The number of anilines is 1. The summed E-state index contributed by atoms with van der Waals surface area (Å²) in [6, 6.07) is 2.59. The Morgan fingerprint density at radius 2 is 2.11 bits per heavy atom. The van der Waals surface area contributed by atoms with Crippen LogP contribution in [0.3, 0.4) is 0 Å². The van der Waals surface area contributed by atoms with Crippen LogP contribution < -0.4 is 10.6 Å². The monoisotopic (exact) mass is 276 g/mol. The summed E-state index contributed by atoms with van der Waals surface area (Å²) in [5.41, 5.74) is 0.0407. The van der Waals surface area contributed by atoms with Gasteiger partial charge in [-0.25, -0.2) is 14.0 Å². The number of carboxylic acids is 1. The van der Waals surface area contributed by atoms with Gasteiger partial charge in [-0.05, 0) is 18.2 Å². The number of carbonyl (C=O) groups excluding carboxylic acids is 1. The van der Waals surface area contributed by atoms with Gasteiger partial charge in [0.2, 0.25) is 0 Å². The van der Waals surface area contributed by atoms with Crippen LogP contribution >= 0.6 is 11.6 Å². The minimum Gasteiger partial charge on any atom is -0.479 e. The molecule has 2 amide bonds. The van der Waals surface area contributed by atoms with Gasteiger partial charge in [-0.2, -0.15) is 0 Å². The number of hydrogen-bond donors (Lipinski definition) is 4. The molecule has 0 unspecified atom stereocenters. The number of halogens is 2. The number of aliphatic hydroxyl groups is 1. The second kappa shape index (κ2) is 6.18. The molecule has 1 aromatic carbocycles. The first kappa shape index (κ1) is 14.2. The molecule has 1 atom stereocenters. The zero-order valence-electron chi connectivity index (χ0n) is 8.98. The molecule has 1 rings (SSSR count). The number of rotatable bonds is 4. The molecule has 0 bridgehead atoms. The summed E-state index contributed by atoms with van der Waals surface area (Å²) in [6.45, 7) is -0.478. The lowest BCUT2D eigenvalue weighted by molar-refractivity contribution is -0.146. The lowest BCUT2D eigenvalue weighted by Gasteiger charge is -2.10. The number of hydrogen-bond acceptors (Lipinski definition) is 3. The van der Waals surface area contributed by atoms with Crippen molar-refractivity contribution in [3.05, 3.63) is 29.0 Å². The topological polar surface area (TPSA) is 98.7 Å². The zero-order valence-corrected chi connectivity index (χ0v) is 9.74. The summed E-state index contributed by atoms with van der Waals surface area (Å²) in [6.07, 6.45) is -1.71. The van der Waals surface area contributed by atoms with Crippen LogP contribution in [0.4, 0.5) is 14.9 Å². The normalized spacial score (nSPS) is 11.7. The van der Waals surface area contributed by atoms with E-state index in [4.69, 9.17) is 21.8 Å². The fourth-order valence-electron chi connectivity index (χ4n) is 1.04. The van der Waals surface area contributed by atoms with Crippen LogP contribution in [-0.4, -0.2) is 34.9 Å². The number of benzene rings is 1. The third kappa shape index (κ3) is 4.19. The maximum absolute atomic E-state index is 12.9. The minimum atomic E-state index is -1.71. The molecule has 0 saturated heterocycles. The maximum atomic E-state index is 12.9. The Balaban J connectivity index is 2.54. The van der Waals surface area contributed by atoms with E-state index in [0.29, 0.717) is 0 Å². The fraction of sp³-hybridized carbons (Fsp3) is 0.200. The summed E-state index contributed by atoms with van der Waals surface area (Å²) in [5.74, 6) is -2.04. The van der Waals surface area contributed by atoms with E-state index in [0.717, 1.165) is 12.1 Å². The van der Waals surface area contributed by atoms with Crippen molar-refractivity contribution in [1.29, 1.82) is 0 Å². The number of amides is 2. The molecule has 0 radical (unpaired) electrons. The molecule has 18 heavy (non-hydrogen) atoms. The van der Waals surface area contributed by atoms with E-state index in [2.05, 4.69) is 10.6 Å². The molecule has 0 aliphatic heterocycles. The van der Waals surface area contributed by atoms with Gasteiger partial charge in [0.25, 0.3) is 0 Å². The number of aliphatic hydroxyl groups excluding tert-OH is 1. The molecular weight excluding hydrogens is 267 g/mol. The van der Waals surface area contributed by atoms with Crippen LogP contribution in [-0.2, 0) is 4.79 Å². The van der Waals surface area contributed by atoms with E-state index in [-0.39, 0.29) is 10.7 Å². The average Bonchev–Trinajstić information content (AvgIpc) is 2.30. The molecule has 0 aromatic heterocycles. The van der Waals surface area contributed by atoms with Crippen molar-refractivity contribution in [1.82, 2.24) is 5.32 Å². The highest BCUT2D eigenvalue weighted by Crippen LogP contribution is 2.22. The van der Waals surface area contributed by atoms with E-state index in [1.807, 2.05) is 0 Å². The fourth-order valence-corrected chi connectivity index (χ4v) is 1.20. The predicted octanol–water partition coefficient (Wildman–Crippen LogP) is 1.05. The second-order valence-corrected chi connectivity index (χ2v) is 3.72. The van der Waals surface area contributed by atoms with Crippen molar-refractivity contribution in [2.45, 2.75) is 6.10 Å². The molecule has 0 aliphatic rings. The van der Waals surface area contributed by atoms with Crippen molar-refractivity contribution in [2.24, 2.45) is 0 Å². The van der Waals surface area contributed by atoms with Crippen LogP contribution in [0, 0.1) is 5.82 Å². The van der Waals surface area contributed by atoms with Gasteiger partial charge >= 0.3 is 12.0 Å². The lowest BCUT2D eigenvalue weighted by atomic mass is 10.3. The summed E-state index contributed by atoms with van der Waals surface area (Å²) in [7, 11) is 0. The van der Waals surface area contributed by atoms with Crippen LogP contribution in [0.2, 0.25) is 5.02 Å². The third-order valence-electron chi connectivity index (χ3n) is 1.92. The largest absolute Gasteiger partial charge is 0.479 e. The van der Waals surface area contributed by atoms with Crippen LogP contribution in [0.5, 0.6) is 0 Å². The van der Waals surface area contributed by atoms with Crippen LogP contribution in [0.1, 0.15) is 0 Å². The summed E-state index contributed by atoms with van der Waals surface area (Å²) < 4.78 is 12.9. The van der Waals surface area contributed by atoms with Gasteiger partial charge < -0.3 is 20.8 Å². The number of urea groups is 1. The molecule has 0 fully saturated rings. The lowest BCUT2D eigenvalue weighted by Crippen LogP contribution is -2.38. The molecule has 0 spiro atoms. The van der Waals surface area contributed by atoms with Gasteiger partial charge in [-0.15, -0.1) is 0 Å². The smallest absolute Gasteiger partial charge is 0.334 e. The van der Waals surface area contributed by atoms with Gasteiger partial charge in [0.05, 0.1) is 17.3 Å². The predicted molar refractivity (Wildman–Crippen MR) is 62.1 cm³/mol. The zero-order chi connectivity index (χ0) is 13.7. The van der Waals surface area contributed by atoms with Gasteiger partial charge in [0.15, 0.2) is 6.10 Å². The Morgan fingerprint density at radius 1 is 1.44 bits per heavy atom. The number of carbonyl (C=O) groups is 2. The van der Waals surface area contributed by atoms with E-state index in [9.17, 15) is 14.0 Å². The Labute approximate surface area is 106 Å². The van der Waals surface area contributed by atoms with Gasteiger partial charge in [0.1, 0.15) is 5.82 Å². The summed E-state index contributed by atoms with van der Waals surface area (Å²) in [5, 5.41) is 21.7. The first-order valence-corrected chi connectivity index (χ1v) is 5.18. The highest BCUT2D eigenvalue weighted by atomic mass is 35.5. The summed E-state index contributed by atoms with van der Waals surface area (Å²) >= 11 is 5.70. The molecule has 6 nitrogen and oxygen atoms in total. The summed E-state index contributed by atoms with van der Waals surface area (Å²) in [4.78, 5) is 21.6. The molecule has 0 aliphatic carbocycles. The first-order chi connectivity index (χ1) is 8.40. The van der Waals surface area contributed by atoms with Crippen molar-refractivity contribution >= 4 is 29.3 Å². The van der Waals surface area contributed by atoms with Gasteiger partial charge in [-0.1, -0.05) is 11.6 Å². The van der Waals surface area contributed by atoms with Crippen molar-refractivity contribution in [3.8, 4) is 0 Å². The number of carboxylic acid groups (broad SMARTS) is 1. The molecule has 0 saturated carbocycles. The molecule has 8 heteroatoms. The average molecular weight is 277 g/mol. The molecule has 4 N–H and O–H groups in total. The Morgan fingerprint density at radius 3 is 2.72 bits per heavy atom. The Hall–Kier alpha value is -1.86. The highest BCUT2D eigenvalue weighted by molar-refractivity contribution is 6.33. The standard InChI is InChI=1S/C10H10ClFN2O4/c11-6-2-1-5(12)3-7(6)14-10(18)13-4-8(15)9(16)17/h1-3,8,15H,4H2,(H,16,17)(H2,13,14,18)/t8-/m0/s1. The maximum Gasteiger partial charge on any atom is 0.334 e. The Kier molecular flexibility index (Phi) is 4.87. The SMILES string of the molecule is O=C(NC[C@H](O)C(=O)O)Nc1cc(F)ccc1Cl. The van der Waals surface area contributed by atoms with Crippen molar-refractivity contribution in [3.63, 3.8) is 0 Å². The van der Waals surface area contributed by atoms with E-state index >= 15 is 0 Å². The van der Waals surface area contributed by atoms with E-state index < -0.39 is 30.5 Å². The quantitative estimate of drug-likeness (QED) is 0.660. The Bertz CT molecular complexity index is 469. The molecule has 0 heterocycles. The van der Waals surface area contributed by atoms with Gasteiger partial charge in [0, 0.05) is 0 Å². The van der Waals surface area contributed by atoms with Crippen LogP contribution in [0.15, 0.2) is 18.2 Å². The highest BCUT2D eigenvalue weighted by Gasteiger charge is 2.14. The van der Waals surface area contributed by atoms with Crippen molar-refractivity contribution < 1.29 is 24.2 Å². The minimum absolute atomic E-state index is 0.0407. The molecule has 98 valence electrons. The van der Waals surface area contributed by atoms with Crippen molar-refractivity contribution in [2.75, 3.05) is 11.9 Å². The number of nitrogens with one attached hydrogen (secondary N) is 2. The van der Waals surface area contributed by atoms with Gasteiger partial charge in [-0.3, -0.25) is 0 Å². The van der Waals surface area contributed by atoms with E-state index in [1.54, 1.807) is 0 Å². The molecule has 1 aromatic rings. The number of aliphatic carboxylic acids is 1. The van der Waals surface area contributed by atoms with E-state index in [1.165, 1.54) is 6.07 Å². The first-order valence-electron chi connectivity index (χ1n) is 4.81. The second-order valence-electron chi connectivity index (χ2n) is 3.31. The third-order valence-corrected chi connectivity index (χ3v) is 2.25.